The maximum Gasteiger partial charge on any atom is 0.180 e. The van der Waals surface area contributed by atoms with Crippen LogP contribution in [-0.2, 0) is 6.42 Å². The number of nitrogen functional groups attached to an aromatic ring is 1. The average molecular weight is 313 g/mol. The number of anilines is 1. The van der Waals surface area contributed by atoms with E-state index in [1.807, 2.05) is 6.07 Å². The number of hydrogen-bond donors (Lipinski definition) is 1. The summed E-state index contributed by atoms with van der Waals surface area (Å²) in [6.45, 7) is 0. The number of rotatable bonds is 1. The molecule has 88 valence electrons. The molecule has 1 aromatic carbocycles. The van der Waals surface area contributed by atoms with Crippen LogP contribution in [0.15, 0.2) is 22.7 Å². The van der Waals surface area contributed by atoms with Crippen molar-refractivity contribution in [2.75, 3.05) is 5.73 Å². The first-order valence-corrected chi connectivity index (χ1v) is 6.96. The minimum absolute atomic E-state index is 0.214. The summed E-state index contributed by atoms with van der Waals surface area (Å²) in [5.41, 5.74) is 7.80. The van der Waals surface area contributed by atoms with E-state index in [1.165, 1.54) is 16.2 Å². The molecule has 0 radical (unpaired) electrons. The van der Waals surface area contributed by atoms with Crippen LogP contribution in [0, 0.1) is 5.82 Å². The summed E-state index contributed by atoms with van der Waals surface area (Å²) >= 11 is 4.69. The Kier molecular flexibility index (Phi) is 2.67. The third-order valence-corrected chi connectivity index (χ3v) is 4.76. The Hall–Kier alpha value is -0.940. The maximum atomic E-state index is 13.5. The second kappa shape index (κ2) is 4.07. The normalized spacial score (nSPS) is 18.4. The highest BCUT2D eigenvalue weighted by Crippen LogP contribution is 2.42. The summed E-state index contributed by atoms with van der Waals surface area (Å²) in [5.74, 6) is 0.0378. The van der Waals surface area contributed by atoms with Gasteiger partial charge in [0.25, 0.3) is 0 Å². The van der Waals surface area contributed by atoms with Crippen LogP contribution in [0.1, 0.15) is 28.5 Å². The van der Waals surface area contributed by atoms with Crippen molar-refractivity contribution in [1.82, 2.24) is 4.98 Å². The van der Waals surface area contributed by atoms with Gasteiger partial charge in [-0.25, -0.2) is 9.37 Å². The molecule has 0 bridgehead atoms. The molecular formula is C12H10BrFN2S. The van der Waals surface area contributed by atoms with Gasteiger partial charge in [0.2, 0.25) is 0 Å². The van der Waals surface area contributed by atoms with Gasteiger partial charge in [0.1, 0.15) is 5.82 Å². The van der Waals surface area contributed by atoms with Gasteiger partial charge in [-0.15, -0.1) is 11.3 Å². The summed E-state index contributed by atoms with van der Waals surface area (Å²) < 4.78 is 14.0. The fraction of sp³-hybridized carbons (Fsp3) is 0.250. The van der Waals surface area contributed by atoms with E-state index in [0.29, 0.717) is 9.60 Å². The topological polar surface area (TPSA) is 38.9 Å². The van der Waals surface area contributed by atoms with Crippen molar-refractivity contribution in [2.24, 2.45) is 0 Å². The van der Waals surface area contributed by atoms with Crippen molar-refractivity contribution >= 4 is 32.4 Å². The minimum atomic E-state index is -0.214. The highest BCUT2D eigenvalue weighted by molar-refractivity contribution is 9.10. The van der Waals surface area contributed by atoms with E-state index < -0.39 is 0 Å². The van der Waals surface area contributed by atoms with Crippen LogP contribution in [0.3, 0.4) is 0 Å². The molecule has 0 saturated heterocycles. The molecule has 17 heavy (non-hydrogen) atoms. The van der Waals surface area contributed by atoms with Crippen molar-refractivity contribution in [2.45, 2.75) is 18.8 Å². The van der Waals surface area contributed by atoms with Crippen molar-refractivity contribution in [3.63, 3.8) is 0 Å². The van der Waals surface area contributed by atoms with Crippen molar-refractivity contribution in [3.05, 3.63) is 44.6 Å². The second-order valence-electron chi connectivity index (χ2n) is 4.13. The molecule has 1 aromatic heterocycles. The Bertz CT molecular complexity index is 582. The lowest BCUT2D eigenvalue weighted by Crippen LogP contribution is -1.95. The lowest BCUT2D eigenvalue weighted by atomic mass is 9.98. The number of hydrogen-bond acceptors (Lipinski definition) is 3. The fourth-order valence-electron chi connectivity index (χ4n) is 2.29. The van der Waals surface area contributed by atoms with Gasteiger partial charge < -0.3 is 5.73 Å². The molecule has 0 spiro atoms. The zero-order valence-electron chi connectivity index (χ0n) is 8.91. The van der Waals surface area contributed by atoms with Crippen LogP contribution >= 0.6 is 27.3 Å². The van der Waals surface area contributed by atoms with E-state index in [1.54, 1.807) is 12.1 Å². The van der Waals surface area contributed by atoms with E-state index in [0.717, 1.165) is 24.1 Å². The fourth-order valence-corrected chi connectivity index (χ4v) is 3.58. The van der Waals surface area contributed by atoms with Gasteiger partial charge in [-0.3, -0.25) is 0 Å². The summed E-state index contributed by atoms with van der Waals surface area (Å²) in [7, 11) is 0. The Morgan fingerprint density at radius 1 is 1.47 bits per heavy atom. The van der Waals surface area contributed by atoms with Crippen LogP contribution < -0.4 is 5.73 Å². The monoisotopic (exact) mass is 312 g/mol. The predicted octanol–water partition coefficient (Wildman–Crippen LogP) is 3.71. The van der Waals surface area contributed by atoms with Crippen molar-refractivity contribution < 1.29 is 4.39 Å². The molecule has 1 aliphatic carbocycles. The summed E-state index contributed by atoms with van der Waals surface area (Å²) in [6, 6.07) is 5.32. The largest absolute Gasteiger partial charge is 0.375 e. The van der Waals surface area contributed by atoms with E-state index in [4.69, 9.17) is 5.73 Å². The highest BCUT2D eigenvalue weighted by atomic mass is 79.9. The van der Waals surface area contributed by atoms with Gasteiger partial charge in [0.05, 0.1) is 10.2 Å². The summed E-state index contributed by atoms with van der Waals surface area (Å²) in [6.07, 6.45) is 1.93. The van der Waals surface area contributed by atoms with E-state index >= 15 is 0 Å². The Morgan fingerprint density at radius 3 is 3.06 bits per heavy atom. The molecule has 1 aliphatic rings. The number of nitrogens with zero attached hydrogens (tertiary/aromatic N) is 1. The molecular weight excluding hydrogens is 303 g/mol. The third kappa shape index (κ3) is 1.87. The van der Waals surface area contributed by atoms with E-state index in [-0.39, 0.29) is 11.7 Å². The smallest absolute Gasteiger partial charge is 0.180 e. The van der Waals surface area contributed by atoms with Gasteiger partial charge in [0, 0.05) is 10.8 Å². The molecule has 1 unspecified atom stereocenters. The van der Waals surface area contributed by atoms with E-state index in [2.05, 4.69) is 20.9 Å². The number of aromatic nitrogens is 1. The molecule has 0 aliphatic heterocycles. The lowest BCUT2D eigenvalue weighted by molar-refractivity contribution is 0.616. The van der Waals surface area contributed by atoms with Gasteiger partial charge in [0.15, 0.2) is 5.13 Å². The van der Waals surface area contributed by atoms with Crippen LogP contribution in [0.25, 0.3) is 0 Å². The van der Waals surface area contributed by atoms with Crippen molar-refractivity contribution in [3.8, 4) is 0 Å². The first kappa shape index (κ1) is 11.2. The SMILES string of the molecule is Nc1nc2c(s1)C(c1ccc(Br)c(F)c1)CC2. The molecule has 3 rings (SSSR count). The molecule has 5 heteroatoms. The lowest BCUT2D eigenvalue weighted by Gasteiger charge is -2.10. The van der Waals surface area contributed by atoms with Crippen LogP contribution in [-0.4, -0.2) is 4.98 Å². The number of halogens is 2. The van der Waals surface area contributed by atoms with Crippen molar-refractivity contribution in [1.29, 1.82) is 0 Å². The zero-order valence-corrected chi connectivity index (χ0v) is 11.3. The molecule has 0 saturated carbocycles. The van der Waals surface area contributed by atoms with Gasteiger partial charge in [-0.05, 0) is 46.5 Å². The second-order valence-corrected chi connectivity index (χ2v) is 6.04. The molecule has 0 amide bonds. The number of aryl methyl sites for hydroxylation is 1. The first-order valence-electron chi connectivity index (χ1n) is 5.35. The predicted molar refractivity (Wildman–Crippen MR) is 70.8 cm³/mol. The van der Waals surface area contributed by atoms with Gasteiger partial charge >= 0.3 is 0 Å². The maximum absolute atomic E-state index is 13.5. The van der Waals surface area contributed by atoms with Gasteiger partial charge in [-0.1, -0.05) is 6.07 Å². The molecule has 0 fully saturated rings. The third-order valence-electron chi connectivity index (χ3n) is 3.08. The Balaban J connectivity index is 2.03. The van der Waals surface area contributed by atoms with Crippen LogP contribution in [0.5, 0.6) is 0 Å². The molecule has 2 aromatic rings. The number of thiazole rings is 1. The highest BCUT2D eigenvalue weighted by Gasteiger charge is 2.28. The quantitative estimate of drug-likeness (QED) is 0.872. The van der Waals surface area contributed by atoms with Crippen LogP contribution in [0.4, 0.5) is 9.52 Å². The van der Waals surface area contributed by atoms with Crippen LogP contribution in [0.2, 0.25) is 0 Å². The minimum Gasteiger partial charge on any atom is -0.375 e. The van der Waals surface area contributed by atoms with E-state index in [9.17, 15) is 4.39 Å². The molecule has 2 N–H and O–H groups in total. The molecule has 2 nitrogen and oxygen atoms in total. The molecule has 1 atom stereocenters. The Labute approximate surface area is 111 Å². The number of nitrogens with two attached hydrogens (primary N) is 1. The average Bonchev–Trinajstić information content (AvgIpc) is 2.81. The standard InChI is InChI=1S/C12H10BrFN2S/c13-8-3-1-6(5-9(8)14)7-2-4-10-11(7)17-12(15)16-10/h1,3,5,7H,2,4H2,(H2,15,16). The summed E-state index contributed by atoms with van der Waals surface area (Å²) in [5, 5.41) is 0.609. The number of benzene rings is 1. The molecule has 1 heterocycles. The number of fused-ring (bicyclic) bond motifs is 1. The summed E-state index contributed by atoms with van der Waals surface area (Å²) in [4.78, 5) is 5.50. The zero-order chi connectivity index (χ0) is 12.0. The van der Waals surface area contributed by atoms with Gasteiger partial charge in [-0.2, -0.15) is 0 Å². The first-order chi connectivity index (χ1) is 8.15. The Morgan fingerprint density at radius 2 is 2.29 bits per heavy atom.